The van der Waals surface area contributed by atoms with E-state index in [9.17, 15) is 31.6 Å². The van der Waals surface area contributed by atoms with E-state index < -0.39 is 49.2 Å². The highest BCUT2D eigenvalue weighted by atomic mass is 32.2. The Bertz CT molecular complexity index is 1520. The molecule has 1 aromatic heterocycles. The van der Waals surface area contributed by atoms with Gasteiger partial charge >= 0.3 is 0 Å². The number of nitriles is 1. The zero-order chi connectivity index (χ0) is 26.6. The molecule has 2 saturated carbocycles. The minimum atomic E-state index is -3.76. The van der Waals surface area contributed by atoms with Crippen LogP contribution in [0.2, 0.25) is 0 Å². The molecule has 2 amide bonds. The molecule has 5 rings (SSSR count). The molecule has 1 aliphatic heterocycles. The van der Waals surface area contributed by atoms with Gasteiger partial charge in [-0.25, -0.2) is 17.2 Å². The molecule has 3 aliphatic rings. The zero-order valence-corrected chi connectivity index (χ0v) is 20.6. The smallest absolute Gasteiger partial charge is 0.270 e. The number of nitrogens with one attached hydrogen (secondary N) is 1. The van der Waals surface area contributed by atoms with Crippen LogP contribution in [0.1, 0.15) is 57.7 Å². The summed E-state index contributed by atoms with van der Waals surface area (Å²) in [5.41, 5.74) is -0.544. The van der Waals surface area contributed by atoms with Crippen LogP contribution >= 0.6 is 0 Å². The summed E-state index contributed by atoms with van der Waals surface area (Å²) in [4.78, 5) is 40.2. The molecule has 2 fully saturated rings. The number of fused-ring (bicyclic) bond motifs is 1. The molecule has 0 spiro atoms. The number of benzene rings is 1. The van der Waals surface area contributed by atoms with Crippen LogP contribution in [0.4, 0.5) is 8.78 Å². The van der Waals surface area contributed by atoms with Crippen LogP contribution in [0.3, 0.4) is 0 Å². The Morgan fingerprint density at radius 3 is 2.38 bits per heavy atom. The minimum absolute atomic E-state index is 0.0433. The van der Waals surface area contributed by atoms with Gasteiger partial charge in [-0.05, 0) is 55.5 Å². The van der Waals surface area contributed by atoms with Crippen molar-refractivity contribution >= 4 is 21.7 Å². The van der Waals surface area contributed by atoms with Gasteiger partial charge in [0.2, 0.25) is 0 Å². The van der Waals surface area contributed by atoms with Crippen molar-refractivity contribution in [3.8, 4) is 6.07 Å². The van der Waals surface area contributed by atoms with Gasteiger partial charge in [0.25, 0.3) is 17.4 Å². The summed E-state index contributed by atoms with van der Waals surface area (Å²) in [5, 5.41) is 11.3. The van der Waals surface area contributed by atoms with Crippen molar-refractivity contribution in [2.45, 2.75) is 48.3 Å². The summed E-state index contributed by atoms with van der Waals surface area (Å²) in [6, 6.07) is 8.19. The summed E-state index contributed by atoms with van der Waals surface area (Å²) in [6.07, 6.45) is 1.33. The molecule has 0 unspecified atom stereocenters. The first kappa shape index (κ1) is 25.1. The highest BCUT2D eigenvalue weighted by Gasteiger charge is 2.68. The van der Waals surface area contributed by atoms with Crippen molar-refractivity contribution in [2.75, 3.05) is 19.8 Å². The summed E-state index contributed by atoms with van der Waals surface area (Å²) >= 11 is 0. The zero-order valence-electron chi connectivity index (χ0n) is 19.8. The molecule has 194 valence electrons. The second-order valence-electron chi connectivity index (χ2n) is 9.93. The van der Waals surface area contributed by atoms with Gasteiger partial charge in [-0.1, -0.05) is 6.07 Å². The second-order valence-corrected chi connectivity index (χ2v) is 12.7. The lowest BCUT2D eigenvalue weighted by Crippen LogP contribution is -2.51. The van der Waals surface area contributed by atoms with E-state index in [1.54, 1.807) is 6.07 Å². The molecule has 0 bridgehead atoms. The molecule has 1 aromatic carbocycles. The molecule has 0 radical (unpaired) electrons. The van der Waals surface area contributed by atoms with E-state index in [0.29, 0.717) is 31.2 Å². The van der Waals surface area contributed by atoms with Crippen molar-refractivity contribution < 1.29 is 26.8 Å². The topological polar surface area (TPSA) is 129 Å². The van der Waals surface area contributed by atoms with Gasteiger partial charge in [0.15, 0.2) is 9.84 Å². The van der Waals surface area contributed by atoms with Gasteiger partial charge in [-0.15, -0.1) is 0 Å². The highest BCUT2D eigenvalue weighted by Crippen LogP contribution is 2.57. The number of alkyl halides is 1. The Labute approximate surface area is 211 Å². The number of hydrogen-bond acceptors (Lipinski definition) is 6. The number of carbonyl (C=O) groups excluding carboxylic acids is 2. The van der Waals surface area contributed by atoms with E-state index in [-0.39, 0.29) is 43.0 Å². The Hall–Kier alpha value is -3.59. The minimum Gasteiger partial charge on any atom is -0.348 e. The summed E-state index contributed by atoms with van der Waals surface area (Å²) in [5.74, 6) is -1.94. The van der Waals surface area contributed by atoms with Crippen molar-refractivity contribution in [3.63, 3.8) is 0 Å². The molecular weight excluding hydrogens is 506 g/mol. The van der Waals surface area contributed by atoms with Crippen LogP contribution in [0.25, 0.3) is 0 Å². The van der Waals surface area contributed by atoms with Crippen molar-refractivity contribution in [1.29, 1.82) is 5.26 Å². The monoisotopic (exact) mass is 530 g/mol. The van der Waals surface area contributed by atoms with E-state index in [4.69, 9.17) is 5.26 Å². The quantitative estimate of drug-likeness (QED) is 0.553. The largest absolute Gasteiger partial charge is 0.348 e. The fourth-order valence-corrected chi connectivity index (χ4v) is 7.57. The lowest BCUT2D eigenvalue weighted by molar-refractivity contribution is 0.0694. The van der Waals surface area contributed by atoms with E-state index in [1.165, 1.54) is 33.7 Å². The number of carbonyl (C=O) groups is 2. The van der Waals surface area contributed by atoms with Crippen LogP contribution in [-0.2, 0) is 22.9 Å². The molecule has 37 heavy (non-hydrogen) atoms. The summed E-state index contributed by atoms with van der Waals surface area (Å²) in [6.45, 7) is -0.887. The van der Waals surface area contributed by atoms with Crippen LogP contribution in [-0.4, -0.2) is 59.0 Å². The number of pyridine rings is 1. The highest BCUT2D eigenvalue weighted by molar-refractivity contribution is 7.94. The number of halogens is 2. The molecule has 9 nitrogen and oxygen atoms in total. The predicted octanol–water partition coefficient (Wildman–Crippen LogP) is 1.69. The maximum absolute atomic E-state index is 13.8. The third kappa shape index (κ3) is 4.01. The Kier molecular flexibility index (Phi) is 5.94. The third-order valence-electron chi connectivity index (χ3n) is 7.60. The van der Waals surface area contributed by atoms with Crippen LogP contribution in [0, 0.1) is 17.1 Å². The standard InChI is InChI=1S/C25H24F2N4O5S/c26-14-24(5-6-24)37(35,36)25(7-8-25)15-30-9-10-31-20(23(30)34)4-3-18(22(31)33)21(32)29-13-16-1-2-17(12-28)19(27)11-16/h1-4,11H,5-10,13-15H2,(H,29,32). The van der Waals surface area contributed by atoms with Crippen LogP contribution < -0.4 is 10.9 Å². The van der Waals surface area contributed by atoms with Gasteiger partial charge < -0.3 is 14.8 Å². The maximum Gasteiger partial charge on any atom is 0.270 e. The average Bonchev–Trinajstić information content (AvgIpc) is 3.80. The summed E-state index contributed by atoms with van der Waals surface area (Å²) < 4.78 is 52.3. The first-order valence-corrected chi connectivity index (χ1v) is 13.4. The van der Waals surface area contributed by atoms with Crippen molar-refractivity contribution in [2.24, 2.45) is 0 Å². The molecule has 2 aliphatic carbocycles. The summed E-state index contributed by atoms with van der Waals surface area (Å²) in [7, 11) is -3.76. The van der Waals surface area contributed by atoms with E-state index in [1.807, 2.05) is 0 Å². The van der Waals surface area contributed by atoms with Crippen LogP contribution in [0.15, 0.2) is 35.1 Å². The van der Waals surface area contributed by atoms with Gasteiger partial charge in [0, 0.05) is 26.2 Å². The third-order valence-corrected chi connectivity index (χ3v) is 10.9. The number of aromatic nitrogens is 1. The number of amides is 2. The lowest BCUT2D eigenvalue weighted by Gasteiger charge is -2.33. The van der Waals surface area contributed by atoms with Gasteiger partial charge in [0.05, 0.1) is 10.3 Å². The Balaban J connectivity index is 1.30. The lowest BCUT2D eigenvalue weighted by atomic mass is 10.1. The Morgan fingerprint density at radius 2 is 1.78 bits per heavy atom. The van der Waals surface area contributed by atoms with Gasteiger partial charge in [-0.3, -0.25) is 14.4 Å². The number of hydrogen-bond donors (Lipinski definition) is 1. The van der Waals surface area contributed by atoms with E-state index >= 15 is 0 Å². The second kappa shape index (κ2) is 8.76. The first-order valence-electron chi connectivity index (χ1n) is 11.9. The van der Waals surface area contributed by atoms with Gasteiger partial charge in [0.1, 0.15) is 34.6 Å². The molecule has 1 N–H and O–H groups in total. The van der Waals surface area contributed by atoms with Crippen LogP contribution in [0.5, 0.6) is 0 Å². The van der Waals surface area contributed by atoms with Gasteiger partial charge in [-0.2, -0.15) is 5.26 Å². The fourth-order valence-electron chi connectivity index (χ4n) is 4.90. The molecular formula is C25H24F2N4O5S. The number of sulfone groups is 1. The molecule has 0 atom stereocenters. The predicted molar refractivity (Wildman–Crippen MR) is 128 cm³/mol. The molecule has 2 heterocycles. The number of rotatable bonds is 8. The average molecular weight is 531 g/mol. The first-order chi connectivity index (χ1) is 17.6. The van der Waals surface area contributed by atoms with Crippen molar-refractivity contribution in [1.82, 2.24) is 14.8 Å². The van der Waals surface area contributed by atoms with E-state index in [0.717, 1.165) is 6.07 Å². The number of nitrogens with zero attached hydrogens (tertiary/aromatic N) is 3. The molecule has 2 aromatic rings. The van der Waals surface area contributed by atoms with E-state index in [2.05, 4.69) is 5.32 Å². The maximum atomic E-state index is 13.8. The normalized spacial score (nSPS) is 19.1. The fraction of sp³-hybridized carbons (Fsp3) is 0.440. The Morgan fingerprint density at radius 1 is 1.08 bits per heavy atom. The van der Waals surface area contributed by atoms with Crippen molar-refractivity contribution in [3.05, 3.63) is 68.9 Å². The SMILES string of the molecule is N#Cc1ccc(CNC(=O)c2ccc3n(c2=O)CCN(CC2(S(=O)(=O)C4(CF)CC4)CC2)C3=O)cc1F. The molecule has 12 heteroatoms. The molecule has 0 saturated heterocycles.